The van der Waals surface area contributed by atoms with E-state index in [-0.39, 0.29) is 46.9 Å². The number of ether oxygens (including phenoxy) is 4. The van der Waals surface area contributed by atoms with Gasteiger partial charge in [-0.1, -0.05) is 13.8 Å². The average molecular weight is 477 g/mol. The molecule has 190 valence electrons. The molecule has 1 saturated heterocycles. The summed E-state index contributed by atoms with van der Waals surface area (Å²) in [5, 5.41) is 0. The van der Waals surface area contributed by atoms with Crippen LogP contribution in [0.4, 0.5) is 0 Å². The zero-order chi connectivity index (χ0) is 24.7. The molecule has 4 aliphatic carbocycles. The Kier molecular flexibility index (Phi) is 5.44. The van der Waals surface area contributed by atoms with E-state index in [9.17, 15) is 14.4 Å². The Bertz CT molecular complexity index is 901. The van der Waals surface area contributed by atoms with E-state index in [0.717, 1.165) is 51.4 Å². The molecular weight excluding hydrogens is 436 g/mol. The molecule has 1 spiro atoms. The Hall–Kier alpha value is -1.63. The van der Waals surface area contributed by atoms with Crippen molar-refractivity contribution in [3.05, 3.63) is 0 Å². The van der Waals surface area contributed by atoms with Crippen molar-refractivity contribution < 1.29 is 33.3 Å². The van der Waals surface area contributed by atoms with Crippen LogP contribution >= 0.6 is 0 Å². The molecule has 5 rings (SSSR count). The van der Waals surface area contributed by atoms with Gasteiger partial charge in [0.2, 0.25) is 5.79 Å². The Morgan fingerprint density at radius 3 is 2.21 bits per heavy atom. The van der Waals surface area contributed by atoms with Crippen molar-refractivity contribution in [3.8, 4) is 0 Å². The molecule has 7 nitrogen and oxygen atoms in total. The lowest BCUT2D eigenvalue weighted by Gasteiger charge is -2.62. The van der Waals surface area contributed by atoms with E-state index in [1.54, 1.807) is 0 Å². The van der Waals surface area contributed by atoms with E-state index in [2.05, 4.69) is 13.8 Å². The first-order chi connectivity index (χ1) is 15.9. The fourth-order valence-corrected chi connectivity index (χ4v) is 9.56. The maximum atomic E-state index is 12.3. The van der Waals surface area contributed by atoms with Gasteiger partial charge in [-0.05, 0) is 74.5 Å². The second kappa shape index (κ2) is 7.68. The summed E-state index contributed by atoms with van der Waals surface area (Å²) in [6.45, 7) is 11.0. The third-order valence-electron chi connectivity index (χ3n) is 10.7. The smallest absolute Gasteiger partial charge is 0.305 e. The van der Waals surface area contributed by atoms with Crippen LogP contribution in [0.3, 0.4) is 0 Å². The van der Waals surface area contributed by atoms with Crippen LogP contribution in [-0.4, -0.2) is 41.5 Å². The first-order valence-corrected chi connectivity index (χ1v) is 13.1. The van der Waals surface area contributed by atoms with Crippen molar-refractivity contribution in [2.45, 2.75) is 117 Å². The lowest BCUT2D eigenvalue weighted by atomic mass is 9.43. The van der Waals surface area contributed by atoms with Gasteiger partial charge in [-0.3, -0.25) is 14.4 Å². The van der Waals surface area contributed by atoms with Gasteiger partial charge in [-0.2, -0.15) is 0 Å². The molecule has 7 heteroatoms. The van der Waals surface area contributed by atoms with E-state index in [1.807, 2.05) is 6.92 Å². The van der Waals surface area contributed by atoms with Crippen molar-refractivity contribution in [1.29, 1.82) is 0 Å². The first kappa shape index (κ1) is 24.1. The number of carbonyl (C=O) groups is 3. The third-order valence-corrected chi connectivity index (χ3v) is 10.7. The topological polar surface area (TPSA) is 91.4 Å². The highest BCUT2D eigenvalue weighted by Gasteiger charge is 2.83. The van der Waals surface area contributed by atoms with Gasteiger partial charge in [0.25, 0.3) is 0 Å². The van der Waals surface area contributed by atoms with Crippen molar-refractivity contribution in [1.82, 2.24) is 0 Å². The van der Waals surface area contributed by atoms with Gasteiger partial charge in [-0.15, -0.1) is 0 Å². The van der Waals surface area contributed by atoms with Crippen LogP contribution in [0.25, 0.3) is 0 Å². The molecule has 34 heavy (non-hydrogen) atoms. The zero-order valence-electron chi connectivity index (χ0n) is 21.5. The van der Waals surface area contributed by atoms with Crippen LogP contribution in [0.1, 0.15) is 92.9 Å². The minimum atomic E-state index is -0.904. The van der Waals surface area contributed by atoms with Gasteiger partial charge in [0.05, 0.1) is 0 Å². The zero-order valence-corrected chi connectivity index (χ0v) is 21.5. The first-order valence-electron chi connectivity index (χ1n) is 13.1. The lowest BCUT2D eigenvalue weighted by molar-refractivity contribution is -0.201. The number of hydrogen-bond acceptors (Lipinski definition) is 7. The van der Waals surface area contributed by atoms with Crippen LogP contribution in [0, 0.1) is 34.5 Å². The number of carbonyl (C=O) groups excluding carboxylic acids is 3. The van der Waals surface area contributed by atoms with E-state index in [4.69, 9.17) is 18.9 Å². The fraction of sp³-hybridized carbons (Fsp3) is 0.889. The molecule has 0 bridgehead atoms. The van der Waals surface area contributed by atoms with Crippen molar-refractivity contribution >= 4 is 17.9 Å². The molecule has 10 atom stereocenters. The maximum absolute atomic E-state index is 12.3. The molecule has 5 fully saturated rings. The van der Waals surface area contributed by atoms with Crippen molar-refractivity contribution in [2.24, 2.45) is 34.5 Å². The van der Waals surface area contributed by atoms with Crippen LogP contribution in [0.15, 0.2) is 0 Å². The fourth-order valence-electron chi connectivity index (χ4n) is 9.56. The molecule has 0 aromatic heterocycles. The van der Waals surface area contributed by atoms with E-state index >= 15 is 0 Å². The summed E-state index contributed by atoms with van der Waals surface area (Å²) in [5.74, 6) is -0.0751. The summed E-state index contributed by atoms with van der Waals surface area (Å²) in [6.07, 6.45) is 7.35. The molecule has 1 heterocycles. The Balaban J connectivity index is 1.47. The number of fused-ring (bicyclic) bond motifs is 6. The van der Waals surface area contributed by atoms with Crippen LogP contribution in [-0.2, 0) is 33.3 Å². The highest BCUT2D eigenvalue weighted by atomic mass is 16.8. The SMILES string of the molecule is CC(=O)OC1CCC2(C)C(CCC3C2C(OC(C)=O)CC2(C)C3CCC23OC3(C)OC(C)=O)C1. The number of rotatable bonds is 3. The summed E-state index contributed by atoms with van der Waals surface area (Å²) >= 11 is 0. The Labute approximate surface area is 202 Å². The van der Waals surface area contributed by atoms with Gasteiger partial charge in [-0.25, -0.2) is 0 Å². The minimum Gasteiger partial charge on any atom is -0.463 e. The molecular formula is C27H40O7. The van der Waals surface area contributed by atoms with Crippen LogP contribution < -0.4 is 0 Å². The Morgan fingerprint density at radius 2 is 1.56 bits per heavy atom. The summed E-state index contributed by atoms with van der Waals surface area (Å²) in [4.78, 5) is 35.7. The van der Waals surface area contributed by atoms with E-state index in [0.29, 0.717) is 17.8 Å². The highest BCUT2D eigenvalue weighted by molar-refractivity contribution is 5.67. The molecule has 5 aliphatic rings. The summed E-state index contributed by atoms with van der Waals surface area (Å²) < 4.78 is 23.7. The predicted octanol–water partition coefficient (Wildman–Crippen LogP) is 4.55. The molecule has 10 unspecified atom stereocenters. The monoisotopic (exact) mass is 476 g/mol. The minimum absolute atomic E-state index is 0.00721. The van der Waals surface area contributed by atoms with Gasteiger partial charge in [0.15, 0.2) is 0 Å². The standard InChI is InChI=1S/C27H40O7/c1-15(28)31-19-9-11-24(4)18(13-19)7-8-20-21-10-12-27(26(6,34-27)33-17(3)30)25(21,5)14-22(23(20)24)32-16(2)29/h18-23H,7-14H2,1-6H3. The summed E-state index contributed by atoms with van der Waals surface area (Å²) in [6, 6.07) is 0. The molecule has 0 aromatic carbocycles. The summed E-state index contributed by atoms with van der Waals surface area (Å²) in [5.41, 5.74) is -0.693. The number of epoxide rings is 1. The van der Waals surface area contributed by atoms with Gasteiger partial charge >= 0.3 is 17.9 Å². The number of hydrogen-bond donors (Lipinski definition) is 0. The second-order valence-corrected chi connectivity index (χ2v) is 12.4. The molecule has 0 radical (unpaired) electrons. The van der Waals surface area contributed by atoms with Crippen molar-refractivity contribution in [3.63, 3.8) is 0 Å². The van der Waals surface area contributed by atoms with Gasteiger partial charge in [0.1, 0.15) is 17.8 Å². The molecule has 0 amide bonds. The predicted molar refractivity (Wildman–Crippen MR) is 122 cm³/mol. The quantitative estimate of drug-likeness (QED) is 0.335. The molecule has 1 aliphatic heterocycles. The maximum Gasteiger partial charge on any atom is 0.305 e. The van der Waals surface area contributed by atoms with Crippen LogP contribution in [0.5, 0.6) is 0 Å². The van der Waals surface area contributed by atoms with Gasteiger partial charge < -0.3 is 18.9 Å². The van der Waals surface area contributed by atoms with E-state index in [1.165, 1.54) is 20.8 Å². The Morgan fingerprint density at radius 1 is 0.853 bits per heavy atom. The van der Waals surface area contributed by atoms with Gasteiger partial charge in [0, 0.05) is 39.0 Å². The summed E-state index contributed by atoms with van der Waals surface area (Å²) in [7, 11) is 0. The molecule has 4 saturated carbocycles. The molecule has 0 aromatic rings. The lowest BCUT2D eigenvalue weighted by Crippen LogP contribution is -2.61. The van der Waals surface area contributed by atoms with E-state index < -0.39 is 11.4 Å². The highest BCUT2D eigenvalue weighted by Crippen LogP contribution is 2.76. The van der Waals surface area contributed by atoms with Crippen LogP contribution in [0.2, 0.25) is 0 Å². The third kappa shape index (κ3) is 3.28. The normalized spacial score (nSPS) is 51.0. The second-order valence-electron chi connectivity index (χ2n) is 12.4. The van der Waals surface area contributed by atoms with Crippen molar-refractivity contribution in [2.75, 3.05) is 0 Å². The average Bonchev–Trinajstić information content (AvgIpc) is 3.18. The number of esters is 3. The molecule has 0 N–H and O–H groups in total. The largest absolute Gasteiger partial charge is 0.463 e.